The molecule has 2 bridgehead atoms. The van der Waals surface area contributed by atoms with Crippen LogP contribution in [-0.4, -0.2) is 48.4 Å². The maximum atomic E-state index is 14.6. The van der Waals surface area contributed by atoms with Crippen molar-refractivity contribution in [1.29, 1.82) is 0 Å². The van der Waals surface area contributed by atoms with E-state index in [2.05, 4.69) is 15.4 Å². The zero-order chi connectivity index (χ0) is 23.4. The number of fused-ring (bicyclic) bond motifs is 2. The number of carboxylic acids is 1. The molecule has 2 fully saturated rings. The molecular formula is C20H21F4N5O3. The van der Waals surface area contributed by atoms with Gasteiger partial charge in [0, 0.05) is 25.1 Å². The SMILES string of the molecule is CC1CCCC2(C(=O)O)CC1N2C(=O)Nc1cc(-c2ncn(C)n2)c(C(F)(F)F)cc1F. The molecule has 2 N–H and O–H groups in total. The van der Waals surface area contributed by atoms with Crippen LogP contribution in [0.3, 0.4) is 0 Å². The van der Waals surface area contributed by atoms with Crippen LogP contribution >= 0.6 is 0 Å². The lowest BCUT2D eigenvalue weighted by molar-refractivity contribution is -0.163. The number of carbonyl (C=O) groups is 2. The first-order chi connectivity index (χ1) is 14.9. The van der Waals surface area contributed by atoms with Crippen molar-refractivity contribution in [3.05, 3.63) is 29.8 Å². The predicted octanol–water partition coefficient (Wildman–Crippen LogP) is 3.89. The molecule has 172 valence electrons. The molecule has 0 radical (unpaired) electrons. The number of hydrogen-bond acceptors (Lipinski definition) is 4. The molecular weight excluding hydrogens is 434 g/mol. The fourth-order valence-electron chi connectivity index (χ4n) is 4.70. The Balaban J connectivity index is 1.71. The molecule has 0 spiro atoms. The first-order valence-electron chi connectivity index (χ1n) is 10.0. The molecule has 2 aromatic rings. The van der Waals surface area contributed by atoms with Gasteiger partial charge in [0.05, 0.1) is 11.3 Å². The Hall–Kier alpha value is -3.18. The van der Waals surface area contributed by atoms with E-state index in [4.69, 9.17) is 0 Å². The first kappa shape index (κ1) is 22.0. The molecule has 8 nitrogen and oxygen atoms in total. The van der Waals surface area contributed by atoms with E-state index in [-0.39, 0.29) is 36.7 Å². The number of aryl methyl sites for hydroxylation is 1. The van der Waals surface area contributed by atoms with Crippen LogP contribution < -0.4 is 5.32 Å². The number of benzene rings is 1. The van der Waals surface area contributed by atoms with E-state index in [9.17, 15) is 32.3 Å². The number of carbonyl (C=O) groups excluding carboxylic acids is 1. The lowest BCUT2D eigenvalue weighted by Crippen LogP contribution is -2.72. The summed E-state index contributed by atoms with van der Waals surface area (Å²) in [5, 5.41) is 15.9. The lowest BCUT2D eigenvalue weighted by Gasteiger charge is -2.55. The number of hydrogen-bond donors (Lipinski definition) is 2. The quantitative estimate of drug-likeness (QED) is 0.684. The second-order valence-electron chi connectivity index (χ2n) is 8.40. The van der Waals surface area contributed by atoms with E-state index < -0.39 is 46.3 Å². The van der Waals surface area contributed by atoms with Crippen LogP contribution in [0.4, 0.5) is 28.0 Å². The number of carboxylic acid groups (broad SMARTS) is 1. The Morgan fingerprint density at radius 2 is 2.03 bits per heavy atom. The van der Waals surface area contributed by atoms with Crippen molar-refractivity contribution in [2.75, 3.05) is 5.32 Å². The minimum Gasteiger partial charge on any atom is -0.479 e. The Bertz CT molecular complexity index is 1090. The summed E-state index contributed by atoms with van der Waals surface area (Å²) in [5.74, 6) is -2.69. The van der Waals surface area contributed by atoms with Gasteiger partial charge >= 0.3 is 18.2 Å². The van der Waals surface area contributed by atoms with Crippen molar-refractivity contribution in [2.45, 2.75) is 50.4 Å². The third-order valence-electron chi connectivity index (χ3n) is 6.36. The fourth-order valence-corrected chi connectivity index (χ4v) is 4.70. The smallest absolute Gasteiger partial charge is 0.417 e. The van der Waals surface area contributed by atoms with Crippen molar-refractivity contribution < 1.29 is 32.3 Å². The Morgan fingerprint density at radius 3 is 2.62 bits per heavy atom. The fraction of sp³-hybridized carbons (Fsp3) is 0.500. The monoisotopic (exact) mass is 455 g/mol. The van der Waals surface area contributed by atoms with Crippen molar-refractivity contribution in [2.24, 2.45) is 13.0 Å². The van der Waals surface area contributed by atoms with Gasteiger partial charge in [-0.05, 0) is 30.9 Å². The molecule has 32 heavy (non-hydrogen) atoms. The summed E-state index contributed by atoms with van der Waals surface area (Å²) in [6.07, 6.45) is -1.77. The number of likely N-dealkylation sites (tertiary alicyclic amines) is 1. The zero-order valence-electron chi connectivity index (χ0n) is 17.3. The van der Waals surface area contributed by atoms with Crippen LogP contribution in [0.2, 0.25) is 0 Å². The summed E-state index contributed by atoms with van der Waals surface area (Å²) in [4.78, 5) is 30.0. The minimum absolute atomic E-state index is 0.0430. The van der Waals surface area contributed by atoms with Crippen molar-refractivity contribution >= 4 is 17.7 Å². The molecule has 1 aliphatic carbocycles. The van der Waals surface area contributed by atoms with E-state index >= 15 is 0 Å². The Morgan fingerprint density at radius 1 is 1.31 bits per heavy atom. The molecule has 12 heteroatoms. The molecule has 2 aliphatic rings. The molecule has 4 rings (SSSR count). The van der Waals surface area contributed by atoms with Crippen LogP contribution in [0.25, 0.3) is 11.4 Å². The molecule has 3 atom stereocenters. The van der Waals surface area contributed by atoms with E-state index in [1.165, 1.54) is 23.0 Å². The molecule has 1 aromatic carbocycles. The Labute approximate surface area is 180 Å². The zero-order valence-corrected chi connectivity index (χ0v) is 17.3. The standard InChI is InChI=1S/C20H21F4N5O3/c1-10-4-3-5-19(17(30)31)8-15(10)29(19)18(32)26-14-6-11(16-25-9-28(2)27-16)12(7-13(14)21)20(22,23)24/h6-7,9-10,15H,3-5,8H2,1-2H3,(H,26,32)(H,30,31). The van der Waals surface area contributed by atoms with Gasteiger partial charge in [-0.1, -0.05) is 13.3 Å². The van der Waals surface area contributed by atoms with Gasteiger partial charge < -0.3 is 15.3 Å². The van der Waals surface area contributed by atoms with Crippen molar-refractivity contribution in [3.8, 4) is 11.4 Å². The van der Waals surface area contributed by atoms with Gasteiger partial charge in [0.15, 0.2) is 5.82 Å². The summed E-state index contributed by atoms with van der Waals surface area (Å²) >= 11 is 0. The number of aromatic nitrogens is 3. The molecule has 1 saturated carbocycles. The second-order valence-corrected chi connectivity index (χ2v) is 8.40. The lowest BCUT2D eigenvalue weighted by atomic mass is 9.74. The second kappa shape index (κ2) is 7.45. The van der Waals surface area contributed by atoms with E-state index in [0.29, 0.717) is 6.42 Å². The summed E-state index contributed by atoms with van der Waals surface area (Å²) < 4.78 is 56.3. The van der Waals surface area contributed by atoms with E-state index in [1.807, 2.05) is 6.92 Å². The van der Waals surface area contributed by atoms with E-state index in [1.54, 1.807) is 0 Å². The third-order valence-corrected chi connectivity index (χ3v) is 6.36. The number of alkyl halides is 3. The van der Waals surface area contributed by atoms with Gasteiger partial charge in [-0.15, -0.1) is 0 Å². The Kier molecular flexibility index (Phi) is 5.13. The number of amides is 2. The number of halogens is 4. The normalized spacial score (nSPS) is 25.1. The largest absolute Gasteiger partial charge is 0.479 e. The molecule has 3 unspecified atom stereocenters. The maximum absolute atomic E-state index is 14.6. The predicted molar refractivity (Wildman–Crippen MR) is 104 cm³/mol. The molecule has 2 amide bonds. The van der Waals surface area contributed by atoms with Gasteiger partial charge in [-0.25, -0.2) is 19.0 Å². The summed E-state index contributed by atoms with van der Waals surface area (Å²) in [6.45, 7) is 1.91. The maximum Gasteiger partial charge on any atom is 0.417 e. The van der Waals surface area contributed by atoms with Crippen LogP contribution in [-0.2, 0) is 18.0 Å². The highest BCUT2D eigenvalue weighted by Crippen LogP contribution is 2.48. The summed E-state index contributed by atoms with van der Waals surface area (Å²) in [6, 6.07) is -0.106. The van der Waals surface area contributed by atoms with E-state index in [0.717, 1.165) is 12.5 Å². The summed E-state index contributed by atoms with van der Waals surface area (Å²) in [7, 11) is 1.47. The number of anilines is 1. The number of nitrogens with one attached hydrogen (secondary N) is 1. The van der Waals surface area contributed by atoms with Gasteiger partial charge in [0.25, 0.3) is 0 Å². The first-order valence-corrected chi connectivity index (χ1v) is 10.0. The highest BCUT2D eigenvalue weighted by atomic mass is 19.4. The van der Waals surface area contributed by atoms with Crippen LogP contribution in [0.1, 0.15) is 38.2 Å². The van der Waals surface area contributed by atoms with Crippen molar-refractivity contribution in [1.82, 2.24) is 19.7 Å². The third kappa shape index (κ3) is 3.47. The molecule has 1 aliphatic heterocycles. The van der Waals surface area contributed by atoms with Crippen LogP contribution in [0.15, 0.2) is 18.5 Å². The topological polar surface area (TPSA) is 100 Å². The molecule has 1 saturated heterocycles. The van der Waals surface area contributed by atoms with Gasteiger partial charge in [-0.3, -0.25) is 4.68 Å². The van der Waals surface area contributed by atoms with Crippen molar-refractivity contribution in [3.63, 3.8) is 0 Å². The van der Waals surface area contributed by atoms with Gasteiger partial charge in [0.1, 0.15) is 17.7 Å². The molecule has 1 aromatic heterocycles. The number of rotatable bonds is 3. The van der Waals surface area contributed by atoms with Gasteiger partial charge in [0.2, 0.25) is 0 Å². The average molecular weight is 455 g/mol. The number of urea groups is 1. The number of nitrogens with zero attached hydrogens (tertiary/aromatic N) is 4. The van der Waals surface area contributed by atoms with Crippen LogP contribution in [0.5, 0.6) is 0 Å². The summed E-state index contributed by atoms with van der Waals surface area (Å²) in [5.41, 5.74) is -3.69. The highest BCUT2D eigenvalue weighted by molar-refractivity contribution is 5.96. The minimum atomic E-state index is -4.88. The average Bonchev–Trinajstić information content (AvgIpc) is 2.94. The number of aliphatic carboxylic acids is 1. The van der Waals surface area contributed by atoms with Crippen LogP contribution in [0, 0.1) is 11.7 Å². The van der Waals surface area contributed by atoms with Gasteiger partial charge in [-0.2, -0.15) is 18.3 Å². The highest BCUT2D eigenvalue weighted by Gasteiger charge is 2.61. The molecule has 2 heterocycles.